The highest BCUT2D eigenvalue weighted by Gasteiger charge is 2.09. The molecule has 2 rings (SSSR count). The average Bonchev–Trinajstić information content (AvgIpc) is 2.84. The highest BCUT2D eigenvalue weighted by molar-refractivity contribution is 7.99. The highest BCUT2D eigenvalue weighted by atomic mass is 32.2. The van der Waals surface area contributed by atoms with E-state index < -0.39 is 6.10 Å². The van der Waals surface area contributed by atoms with Crippen molar-refractivity contribution in [3.63, 3.8) is 0 Å². The summed E-state index contributed by atoms with van der Waals surface area (Å²) in [6.45, 7) is -0.284. The summed E-state index contributed by atoms with van der Waals surface area (Å²) in [6, 6.07) is 6.19. The summed E-state index contributed by atoms with van der Waals surface area (Å²) in [5.74, 6) is 0.0237. The van der Waals surface area contributed by atoms with Crippen molar-refractivity contribution in [1.82, 2.24) is 9.55 Å². The summed E-state index contributed by atoms with van der Waals surface area (Å²) in [5, 5.41) is 18.7. The number of benzene rings is 1. The fourth-order valence-corrected chi connectivity index (χ4v) is 2.33. The molecule has 0 radical (unpaired) electrons. The third kappa shape index (κ3) is 3.10. The predicted octanol–water partition coefficient (Wildman–Crippen LogP) is 1.46. The van der Waals surface area contributed by atoms with Gasteiger partial charge in [-0.25, -0.2) is 9.37 Å². The first-order valence-electron chi connectivity index (χ1n) is 5.41. The third-order valence-electron chi connectivity index (χ3n) is 2.31. The van der Waals surface area contributed by atoms with E-state index in [-0.39, 0.29) is 12.4 Å². The van der Waals surface area contributed by atoms with Crippen molar-refractivity contribution in [1.29, 1.82) is 0 Å². The molecule has 0 aliphatic carbocycles. The van der Waals surface area contributed by atoms with Crippen molar-refractivity contribution in [2.45, 2.75) is 11.3 Å². The molecule has 2 aromatic rings. The molecule has 1 unspecified atom stereocenters. The summed E-state index contributed by atoms with van der Waals surface area (Å²) < 4.78 is 14.9. The molecular weight excluding hydrogens is 255 g/mol. The lowest BCUT2D eigenvalue weighted by Gasteiger charge is -2.09. The Morgan fingerprint density at radius 3 is 3.00 bits per heavy atom. The molecule has 18 heavy (non-hydrogen) atoms. The summed E-state index contributed by atoms with van der Waals surface area (Å²) >= 11 is 1.31. The maximum atomic E-state index is 13.1. The van der Waals surface area contributed by atoms with Gasteiger partial charge in [0.25, 0.3) is 0 Å². The molecule has 0 saturated heterocycles. The number of imidazole rings is 1. The zero-order valence-electron chi connectivity index (χ0n) is 9.53. The Balaban J connectivity index is 2.17. The fourth-order valence-electron chi connectivity index (χ4n) is 1.44. The van der Waals surface area contributed by atoms with E-state index >= 15 is 0 Å². The minimum Gasteiger partial charge on any atom is -0.394 e. The lowest BCUT2D eigenvalue weighted by atomic mass is 10.3. The van der Waals surface area contributed by atoms with Gasteiger partial charge < -0.3 is 10.2 Å². The summed E-state index contributed by atoms with van der Waals surface area (Å²) in [4.78, 5) is 4.14. The molecule has 6 heteroatoms. The first-order valence-corrected chi connectivity index (χ1v) is 6.40. The molecule has 0 bridgehead atoms. The molecule has 1 heterocycles. The van der Waals surface area contributed by atoms with Crippen LogP contribution < -0.4 is 0 Å². The lowest BCUT2D eigenvalue weighted by Crippen LogP contribution is -2.15. The molecule has 2 N–H and O–H groups in total. The number of nitrogens with zero attached hydrogens (tertiary/aromatic N) is 2. The second-order valence-electron chi connectivity index (χ2n) is 3.71. The molecule has 1 aromatic heterocycles. The Hall–Kier alpha value is -1.37. The van der Waals surface area contributed by atoms with E-state index in [1.54, 1.807) is 29.1 Å². The van der Waals surface area contributed by atoms with Crippen molar-refractivity contribution in [3.05, 3.63) is 42.5 Å². The highest BCUT2D eigenvalue weighted by Crippen LogP contribution is 2.21. The van der Waals surface area contributed by atoms with Gasteiger partial charge in [0.05, 0.1) is 18.4 Å². The second kappa shape index (κ2) is 5.99. The van der Waals surface area contributed by atoms with Crippen LogP contribution in [0.4, 0.5) is 4.39 Å². The van der Waals surface area contributed by atoms with Gasteiger partial charge in [-0.1, -0.05) is 17.8 Å². The van der Waals surface area contributed by atoms with Gasteiger partial charge in [0, 0.05) is 18.1 Å². The van der Waals surface area contributed by atoms with Crippen molar-refractivity contribution < 1.29 is 14.6 Å². The lowest BCUT2D eigenvalue weighted by molar-refractivity contribution is 0.113. The van der Waals surface area contributed by atoms with Gasteiger partial charge in [-0.15, -0.1) is 0 Å². The molecule has 0 amide bonds. The largest absolute Gasteiger partial charge is 0.394 e. The zero-order valence-corrected chi connectivity index (χ0v) is 10.3. The number of aliphatic hydroxyl groups is 2. The maximum Gasteiger partial charge on any atom is 0.172 e. The molecule has 0 fully saturated rings. The molecule has 4 nitrogen and oxygen atoms in total. The van der Waals surface area contributed by atoms with E-state index in [0.29, 0.717) is 16.6 Å². The van der Waals surface area contributed by atoms with Crippen molar-refractivity contribution in [3.8, 4) is 5.69 Å². The van der Waals surface area contributed by atoms with Crippen LogP contribution in [-0.2, 0) is 0 Å². The molecule has 0 saturated carbocycles. The number of thioether (sulfide) groups is 1. The molecular formula is C12H13FN2O2S. The van der Waals surface area contributed by atoms with Crippen LogP contribution in [0.5, 0.6) is 0 Å². The van der Waals surface area contributed by atoms with Crippen LogP contribution in [0.1, 0.15) is 0 Å². The van der Waals surface area contributed by atoms with Crippen LogP contribution in [-0.4, -0.2) is 38.2 Å². The van der Waals surface area contributed by atoms with E-state index in [0.717, 1.165) is 0 Å². The number of aliphatic hydroxyl groups excluding tert-OH is 2. The Labute approximate surface area is 108 Å². The summed E-state index contributed by atoms with van der Waals surface area (Å²) in [5.41, 5.74) is 0.675. The zero-order chi connectivity index (χ0) is 13.0. The van der Waals surface area contributed by atoms with E-state index in [9.17, 15) is 9.50 Å². The number of halogens is 1. The second-order valence-corrected chi connectivity index (χ2v) is 4.69. The Morgan fingerprint density at radius 1 is 1.44 bits per heavy atom. The van der Waals surface area contributed by atoms with Crippen LogP contribution in [0, 0.1) is 5.82 Å². The van der Waals surface area contributed by atoms with Crippen molar-refractivity contribution >= 4 is 11.8 Å². The van der Waals surface area contributed by atoms with Crippen LogP contribution in [0.15, 0.2) is 41.8 Å². The minimum absolute atomic E-state index is 0.284. The van der Waals surface area contributed by atoms with E-state index in [1.807, 2.05) is 0 Å². The predicted molar refractivity (Wildman–Crippen MR) is 67.3 cm³/mol. The standard InChI is InChI=1S/C12H13FN2O2S/c13-9-2-1-3-10(6-9)15-5-4-14-12(15)18-8-11(17)7-16/h1-6,11,16-17H,7-8H2. The van der Waals surface area contributed by atoms with Crippen LogP contribution >= 0.6 is 11.8 Å². The number of hydrogen-bond acceptors (Lipinski definition) is 4. The first kappa shape index (κ1) is 13.1. The van der Waals surface area contributed by atoms with Gasteiger partial charge in [0.15, 0.2) is 5.16 Å². The Bertz CT molecular complexity index is 518. The molecule has 1 aromatic carbocycles. The smallest absolute Gasteiger partial charge is 0.172 e. The quantitative estimate of drug-likeness (QED) is 0.806. The normalized spacial score (nSPS) is 12.6. The molecule has 1 atom stereocenters. The number of aromatic nitrogens is 2. The topological polar surface area (TPSA) is 58.3 Å². The summed E-state index contributed by atoms with van der Waals surface area (Å²) in [6.07, 6.45) is 2.55. The molecule has 0 spiro atoms. The average molecular weight is 268 g/mol. The first-order chi connectivity index (χ1) is 8.70. The van der Waals surface area contributed by atoms with Crippen LogP contribution in [0.25, 0.3) is 5.69 Å². The SMILES string of the molecule is OCC(O)CSc1nccn1-c1cccc(F)c1. The van der Waals surface area contributed by atoms with Gasteiger partial charge in [0.2, 0.25) is 0 Å². The molecule has 96 valence electrons. The van der Waals surface area contributed by atoms with Crippen molar-refractivity contribution in [2.24, 2.45) is 0 Å². The van der Waals surface area contributed by atoms with E-state index in [4.69, 9.17) is 5.11 Å². The van der Waals surface area contributed by atoms with Gasteiger partial charge >= 0.3 is 0 Å². The Kier molecular flexibility index (Phi) is 4.35. The van der Waals surface area contributed by atoms with Crippen LogP contribution in [0.3, 0.4) is 0 Å². The van der Waals surface area contributed by atoms with E-state index in [2.05, 4.69) is 4.98 Å². The number of rotatable bonds is 5. The summed E-state index contributed by atoms with van der Waals surface area (Å²) in [7, 11) is 0. The van der Waals surface area contributed by atoms with Gasteiger partial charge in [-0.3, -0.25) is 4.57 Å². The van der Waals surface area contributed by atoms with Gasteiger partial charge in [-0.2, -0.15) is 0 Å². The minimum atomic E-state index is -0.785. The van der Waals surface area contributed by atoms with E-state index in [1.165, 1.54) is 23.9 Å². The van der Waals surface area contributed by atoms with Gasteiger partial charge in [0.1, 0.15) is 5.82 Å². The maximum absolute atomic E-state index is 13.1. The third-order valence-corrected chi connectivity index (χ3v) is 3.42. The molecule has 0 aliphatic rings. The van der Waals surface area contributed by atoms with Crippen molar-refractivity contribution in [2.75, 3.05) is 12.4 Å². The Morgan fingerprint density at radius 2 is 2.28 bits per heavy atom. The molecule has 0 aliphatic heterocycles. The fraction of sp³-hybridized carbons (Fsp3) is 0.250. The number of hydrogen-bond donors (Lipinski definition) is 2. The van der Waals surface area contributed by atoms with Gasteiger partial charge in [-0.05, 0) is 18.2 Å². The van der Waals surface area contributed by atoms with Crippen LogP contribution in [0.2, 0.25) is 0 Å². The monoisotopic (exact) mass is 268 g/mol.